The van der Waals surface area contributed by atoms with Crippen molar-refractivity contribution in [2.45, 2.75) is 122 Å². The fourth-order valence-corrected chi connectivity index (χ4v) is 8.54. The van der Waals surface area contributed by atoms with E-state index in [4.69, 9.17) is 0 Å². The van der Waals surface area contributed by atoms with Crippen molar-refractivity contribution >= 4 is 10.1 Å². The van der Waals surface area contributed by atoms with Gasteiger partial charge in [0.25, 0.3) is 0 Å². The molecule has 0 saturated carbocycles. The van der Waals surface area contributed by atoms with E-state index < -0.39 is 10.1 Å². The van der Waals surface area contributed by atoms with Gasteiger partial charge in [0, 0.05) is 0 Å². The summed E-state index contributed by atoms with van der Waals surface area (Å²) in [5, 5.41) is 0. The van der Waals surface area contributed by atoms with Crippen LogP contribution in [0.5, 0.6) is 0 Å². The van der Waals surface area contributed by atoms with Gasteiger partial charge in [0.2, 0.25) is 0 Å². The zero-order valence-corrected chi connectivity index (χ0v) is 29.6. The molecule has 0 N–H and O–H groups in total. The van der Waals surface area contributed by atoms with Crippen LogP contribution in [0.25, 0.3) is 0 Å². The Labute approximate surface area is 260 Å². The van der Waals surface area contributed by atoms with Crippen LogP contribution in [0.4, 0.5) is 0 Å². The molecular formula is C36H49IO3S-2. The van der Waals surface area contributed by atoms with Gasteiger partial charge in [-0.25, -0.2) is 0 Å². The zero-order chi connectivity index (χ0) is 30.8. The SMILES string of the molecule is CCC(C)(C)c1ccc([I-]c2ccc(C(C)(C)CCC(C)c3cc(C(C)C)cc(C(C)C)c3S(=O)(=O)[O-])cc2)cc1. The van der Waals surface area contributed by atoms with Gasteiger partial charge < -0.3 is 0 Å². The Morgan fingerprint density at radius 1 is 0.732 bits per heavy atom. The fourth-order valence-electron chi connectivity index (χ4n) is 5.25. The molecule has 0 amide bonds. The maximum atomic E-state index is 12.5. The van der Waals surface area contributed by atoms with Gasteiger partial charge >= 0.3 is 234 Å². The van der Waals surface area contributed by atoms with E-state index in [9.17, 15) is 13.0 Å². The summed E-state index contributed by atoms with van der Waals surface area (Å²) >= 11 is -0.244. The van der Waals surface area contributed by atoms with Gasteiger partial charge in [-0.15, -0.1) is 0 Å². The first-order valence-electron chi connectivity index (χ1n) is 15.0. The summed E-state index contributed by atoms with van der Waals surface area (Å²) in [7, 11) is -4.59. The minimum absolute atomic E-state index is 0.00164. The van der Waals surface area contributed by atoms with Crippen molar-refractivity contribution in [3.05, 3.63) is 95.6 Å². The molecule has 0 saturated heterocycles. The van der Waals surface area contributed by atoms with Crippen molar-refractivity contribution in [1.29, 1.82) is 0 Å². The summed E-state index contributed by atoms with van der Waals surface area (Å²) in [6, 6.07) is 22.2. The standard InChI is InChI=1S/C36H50IO3S/c1-11-35(7,8)28-12-16-30(17-13-28)37-31-18-14-29(15-19-31)36(9,10)21-20-26(6)33-23-27(24(2)3)22-32(25(4)5)34(33)41(38,39)40/h12-19,22-26H,11,20-21H2,1-10H3,(H,38,39,40)/q-1/p-1. The molecule has 0 aliphatic heterocycles. The van der Waals surface area contributed by atoms with Crippen LogP contribution in [0.15, 0.2) is 65.6 Å². The Morgan fingerprint density at radius 3 is 1.61 bits per heavy atom. The van der Waals surface area contributed by atoms with E-state index >= 15 is 0 Å². The number of hydrogen-bond donors (Lipinski definition) is 0. The molecule has 0 bridgehead atoms. The second-order valence-electron chi connectivity index (χ2n) is 13.5. The second-order valence-corrected chi connectivity index (χ2v) is 17.8. The Bertz CT molecular complexity index is 1420. The molecule has 0 aliphatic rings. The molecule has 226 valence electrons. The molecule has 5 heteroatoms. The number of benzene rings is 3. The van der Waals surface area contributed by atoms with E-state index in [1.807, 2.05) is 26.0 Å². The monoisotopic (exact) mass is 688 g/mol. The van der Waals surface area contributed by atoms with Crippen LogP contribution in [0.3, 0.4) is 0 Å². The van der Waals surface area contributed by atoms with Crippen molar-refractivity contribution in [2.24, 2.45) is 0 Å². The third-order valence-corrected chi connectivity index (χ3v) is 12.4. The molecule has 0 fully saturated rings. The summed E-state index contributed by atoms with van der Waals surface area (Å²) in [5.41, 5.74) is 5.23. The predicted molar refractivity (Wildman–Crippen MR) is 167 cm³/mol. The summed E-state index contributed by atoms with van der Waals surface area (Å²) < 4.78 is 40.2. The zero-order valence-electron chi connectivity index (χ0n) is 26.6. The molecule has 3 aromatic rings. The normalized spacial score (nSPS) is 13.8. The van der Waals surface area contributed by atoms with E-state index in [1.54, 1.807) is 0 Å². The van der Waals surface area contributed by atoms with Crippen LogP contribution in [0.1, 0.15) is 134 Å². The molecule has 41 heavy (non-hydrogen) atoms. The van der Waals surface area contributed by atoms with Crippen molar-refractivity contribution in [3.63, 3.8) is 0 Å². The fraction of sp³-hybridized carbons (Fsp3) is 0.500. The predicted octanol–water partition coefficient (Wildman–Crippen LogP) is 6.52. The summed E-state index contributed by atoms with van der Waals surface area (Å²) in [6.07, 6.45) is 2.81. The van der Waals surface area contributed by atoms with E-state index in [0.29, 0.717) is 11.1 Å². The van der Waals surface area contributed by atoms with E-state index in [1.165, 1.54) is 18.3 Å². The van der Waals surface area contributed by atoms with Crippen LogP contribution in [0, 0.1) is 7.14 Å². The number of hydrogen-bond acceptors (Lipinski definition) is 3. The molecule has 0 radical (unpaired) electrons. The van der Waals surface area contributed by atoms with Gasteiger partial charge in [-0.2, -0.15) is 0 Å². The molecule has 1 unspecified atom stereocenters. The molecule has 3 rings (SSSR count). The van der Waals surface area contributed by atoms with Gasteiger partial charge in [0.1, 0.15) is 0 Å². The summed E-state index contributed by atoms with van der Waals surface area (Å²) in [6.45, 7) is 21.6. The van der Waals surface area contributed by atoms with Crippen LogP contribution >= 0.6 is 0 Å². The average molecular weight is 689 g/mol. The van der Waals surface area contributed by atoms with Crippen LogP contribution in [0.2, 0.25) is 0 Å². The Balaban J connectivity index is 1.78. The van der Waals surface area contributed by atoms with Gasteiger partial charge in [-0.1, -0.05) is 27.7 Å². The Kier molecular flexibility index (Phi) is 11.0. The first-order chi connectivity index (χ1) is 19.0. The van der Waals surface area contributed by atoms with Crippen molar-refractivity contribution in [2.75, 3.05) is 0 Å². The molecule has 0 heterocycles. The van der Waals surface area contributed by atoms with E-state index in [0.717, 1.165) is 24.8 Å². The summed E-state index contributed by atoms with van der Waals surface area (Å²) in [4.78, 5) is 0.00164. The average Bonchev–Trinajstić information content (AvgIpc) is 2.91. The van der Waals surface area contributed by atoms with Crippen LogP contribution < -0.4 is 21.2 Å². The van der Waals surface area contributed by atoms with Gasteiger partial charge in [0.05, 0.1) is 0 Å². The molecule has 0 spiro atoms. The topological polar surface area (TPSA) is 57.2 Å². The van der Waals surface area contributed by atoms with Crippen LogP contribution in [-0.2, 0) is 20.9 Å². The van der Waals surface area contributed by atoms with Gasteiger partial charge in [-0.3, -0.25) is 0 Å². The molecule has 0 aromatic heterocycles. The third-order valence-electron chi connectivity index (χ3n) is 8.79. The third kappa shape index (κ3) is 8.45. The number of rotatable bonds is 12. The molecule has 0 aliphatic carbocycles. The summed E-state index contributed by atoms with van der Waals surface area (Å²) in [5.74, 6) is 0.160. The Hall–Kier alpha value is -1.70. The van der Waals surface area contributed by atoms with Crippen molar-refractivity contribution in [1.82, 2.24) is 0 Å². The quantitative estimate of drug-likeness (QED) is 0.161. The van der Waals surface area contributed by atoms with E-state index in [2.05, 4.69) is 104 Å². The van der Waals surface area contributed by atoms with Gasteiger partial charge in [-0.05, 0) is 0 Å². The molecule has 1 atom stereocenters. The Morgan fingerprint density at radius 2 is 1.20 bits per heavy atom. The molecular weight excluding hydrogens is 639 g/mol. The van der Waals surface area contributed by atoms with Crippen molar-refractivity contribution in [3.8, 4) is 0 Å². The van der Waals surface area contributed by atoms with Crippen molar-refractivity contribution < 1.29 is 34.2 Å². The maximum absolute atomic E-state index is 12.5. The van der Waals surface area contributed by atoms with E-state index in [-0.39, 0.29) is 54.7 Å². The van der Waals surface area contributed by atoms with Crippen LogP contribution in [-0.4, -0.2) is 13.0 Å². The molecule has 3 nitrogen and oxygen atoms in total. The minimum atomic E-state index is -4.59. The number of halogens is 1. The first kappa shape index (κ1) is 33.8. The first-order valence-corrected chi connectivity index (χ1v) is 18.5. The second kappa shape index (κ2) is 13.3. The van der Waals surface area contributed by atoms with Gasteiger partial charge in [0.15, 0.2) is 0 Å². The molecule has 3 aromatic carbocycles.